The van der Waals surface area contributed by atoms with Gasteiger partial charge in [0.1, 0.15) is 5.52 Å². The van der Waals surface area contributed by atoms with E-state index in [1.807, 2.05) is 0 Å². The van der Waals surface area contributed by atoms with Crippen molar-refractivity contribution < 1.29 is 12.8 Å². The predicted molar refractivity (Wildman–Crippen MR) is 108 cm³/mol. The number of sulfonamides is 1. The van der Waals surface area contributed by atoms with E-state index in [2.05, 4.69) is 14.9 Å². The molecule has 0 saturated carbocycles. The van der Waals surface area contributed by atoms with Crippen LogP contribution in [0.5, 0.6) is 0 Å². The van der Waals surface area contributed by atoms with Crippen LogP contribution >= 0.6 is 0 Å². The Bertz CT molecular complexity index is 1270. The molecule has 1 aromatic heterocycles. The van der Waals surface area contributed by atoms with E-state index in [1.54, 1.807) is 36.4 Å². The first-order valence-corrected chi connectivity index (χ1v) is 9.74. The third kappa shape index (κ3) is 3.12. The molecule has 9 heteroatoms. The van der Waals surface area contributed by atoms with Gasteiger partial charge in [-0.15, -0.1) is 0 Å². The van der Waals surface area contributed by atoms with Gasteiger partial charge in [-0.2, -0.15) is 5.10 Å². The zero-order valence-electron chi connectivity index (χ0n) is 14.5. The number of hydrogen-bond acceptors (Lipinski definition) is 5. The van der Waals surface area contributed by atoms with Crippen molar-refractivity contribution in [1.82, 2.24) is 10.2 Å². The van der Waals surface area contributed by atoms with Gasteiger partial charge in [-0.3, -0.25) is 9.82 Å². The summed E-state index contributed by atoms with van der Waals surface area (Å²) in [6.07, 6.45) is 0. The van der Waals surface area contributed by atoms with Crippen molar-refractivity contribution in [3.05, 3.63) is 66.5 Å². The van der Waals surface area contributed by atoms with E-state index < -0.39 is 15.8 Å². The number of nitrogens with zero attached hydrogens (tertiary/aromatic N) is 1. The highest BCUT2D eigenvalue weighted by molar-refractivity contribution is 7.92. The molecular formula is C19H16FN5O2S. The third-order valence-electron chi connectivity index (χ3n) is 4.34. The monoisotopic (exact) mass is 397 g/mol. The molecule has 3 aromatic carbocycles. The summed E-state index contributed by atoms with van der Waals surface area (Å²) >= 11 is 0. The Kier molecular flexibility index (Phi) is 4.16. The van der Waals surface area contributed by atoms with Crippen LogP contribution in [0.2, 0.25) is 0 Å². The average molecular weight is 397 g/mol. The van der Waals surface area contributed by atoms with Crippen LogP contribution in [0.4, 0.5) is 21.6 Å². The van der Waals surface area contributed by atoms with E-state index in [-0.39, 0.29) is 16.2 Å². The van der Waals surface area contributed by atoms with Gasteiger partial charge < -0.3 is 11.5 Å². The van der Waals surface area contributed by atoms with Crippen molar-refractivity contribution in [3.8, 4) is 11.1 Å². The summed E-state index contributed by atoms with van der Waals surface area (Å²) < 4.78 is 42.1. The number of hydrogen-bond donors (Lipinski definition) is 4. The normalized spacial score (nSPS) is 11.6. The molecule has 0 atom stereocenters. The molecule has 0 fully saturated rings. The van der Waals surface area contributed by atoms with E-state index in [9.17, 15) is 12.8 Å². The fraction of sp³-hybridized carbons (Fsp3) is 0. The van der Waals surface area contributed by atoms with Crippen LogP contribution in [0, 0.1) is 5.82 Å². The van der Waals surface area contributed by atoms with E-state index in [1.165, 1.54) is 24.3 Å². The minimum atomic E-state index is -3.75. The highest BCUT2D eigenvalue weighted by Crippen LogP contribution is 2.31. The summed E-state index contributed by atoms with van der Waals surface area (Å²) in [6, 6.07) is 15.6. The summed E-state index contributed by atoms with van der Waals surface area (Å²) in [6.45, 7) is 0. The maximum absolute atomic E-state index is 14.7. The van der Waals surface area contributed by atoms with Gasteiger partial charge in [0.25, 0.3) is 10.0 Å². The van der Waals surface area contributed by atoms with Gasteiger partial charge in [-0.25, -0.2) is 12.8 Å². The summed E-state index contributed by atoms with van der Waals surface area (Å²) in [5.74, 6) is -0.246. The van der Waals surface area contributed by atoms with Crippen molar-refractivity contribution >= 4 is 38.1 Å². The quantitative estimate of drug-likeness (QED) is 0.393. The molecule has 0 radical (unpaired) electrons. The Morgan fingerprint density at radius 3 is 2.29 bits per heavy atom. The van der Waals surface area contributed by atoms with Crippen molar-refractivity contribution in [2.24, 2.45) is 0 Å². The molecule has 6 N–H and O–H groups in total. The number of aromatic amines is 1. The van der Waals surface area contributed by atoms with Gasteiger partial charge in [-0.05, 0) is 48.0 Å². The lowest BCUT2D eigenvalue weighted by molar-refractivity contribution is 0.601. The van der Waals surface area contributed by atoms with Crippen LogP contribution in [0.3, 0.4) is 0 Å². The largest absolute Gasteiger partial charge is 0.399 e. The Labute approximate surface area is 160 Å². The van der Waals surface area contributed by atoms with Gasteiger partial charge in [0.2, 0.25) is 0 Å². The number of nitrogen functional groups attached to an aromatic ring is 2. The zero-order valence-corrected chi connectivity index (χ0v) is 15.3. The summed E-state index contributed by atoms with van der Waals surface area (Å²) in [5.41, 5.74) is 13.3. The molecule has 0 unspecified atom stereocenters. The summed E-state index contributed by atoms with van der Waals surface area (Å²) in [7, 11) is -3.75. The SMILES string of the molecule is Nc1ccc(S(=O)(=O)Nc2ccc(-c3ccc4c(N)n[nH]c4c3F)cc2)cc1. The second-order valence-electron chi connectivity index (χ2n) is 6.21. The Balaban J connectivity index is 1.62. The van der Waals surface area contributed by atoms with Gasteiger partial charge in [0, 0.05) is 22.3 Å². The van der Waals surface area contributed by atoms with E-state index in [0.29, 0.717) is 27.9 Å². The highest BCUT2D eigenvalue weighted by atomic mass is 32.2. The number of benzene rings is 3. The Hall–Kier alpha value is -3.59. The van der Waals surface area contributed by atoms with Crippen LogP contribution < -0.4 is 16.2 Å². The maximum Gasteiger partial charge on any atom is 0.261 e. The lowest BCUT2D eigenvalue weighted by atomic mass is 10.0. The Morgan fingerprint density at radius 1 is 0.929 bits per heavy atom. The van der Waals surface area contributed by atoms with Crippen LogP contribution in [-0.4, -0.2) is 18.6 Å². The van der Waals surface area contributed by atoms with Crippen molar-refractivity contribution in [1.29, 1.82) is 0 Å². The Morgan fingerprint density at radius 2 is 1.61 bits per heavy atom. The fourth-order valence-corrected chi connectivity index (χ4v) is 3.94. The molecular weight excluding hydrogens is 381 g/mol. The lowest BCUT2D eigenvalue weighted by Gasteiger charge is -2.10. The van der Waals surface area contributed by atoms with Gasteiger partial charge in [0.15, 0.2) is 11.6 Å². The molecule has 0 amide bonds. The fourth-order valence-electron chi connectivity index (χ4n) is 2.88. The first kappa shape index (κ1) is 17.8. The molecule has 28 heavy (non-hydrogen) atoms. The summed E-state index contributed by atoms with van der Waals surface area (Å²) in [5, 5.41) is 6.90. The number of halogens is 1. The van der Waals surface area contributed by atoms with Crippen LogP contribution in [-0.2, 0) is 10.0 Å². The number of aromatic nitrogens is 2. The van der Waals surface area contributed by atoms with E-state index in [0.717, 1.165) is 0 Å². The molecule has 0 bridgehead atoms. The molecule has 0 aliphatic rings. The number of rotatable bonds is 4. The topological polar surface area (TPSA) is 127 Å². The smallest absolute Gasteiger partial charge is 0.261 e. The minimum Gasteiger partial charge on any atom is -0.399 e. The number of nitrogens with two attached hydrogens (primary N) is 2. The highest BCUT2D eigenvalue weighted by Gasteiger charge is 2.15. The average Bonchev–Trinajstić information content (AvgIpc) is 3.05. The number of fused-ring (bicyclic) bond motifs is 1. The van der Waals surface area contributed by atoms with Crippen molar-refractivity contribution in [3.63, 3.8) is 0 Å². The number of H-pyrrole nitrogens is 1. The maximum atomic E-state index is 14.7. The predicted octanol–water partition coefficient (Wildman–Crippen LogP) is 3.33. The second kappa shape index (κ2) is 6.54. The third-order valence-corrected chi connectivity index (χ3v) is 5.74. The zero-order chi connectivity index (χ0) is 19.9. The molecule has 0 saturated heterocycles. The van der Waals surface area contributed by atoms with Gasteiger partial charge in [0.05, 0.1) is 4.90 Å². The first-order chi connectivity index (χ1) is 13.3. The van der Waals surface area contributed by atoms with Crippen molar-refractivity contribution in [2.45, 2.75) is 4.90 Å². The molecule has 1 heterocycles. The molecule has 4 rings (SSSR count). The number of anilines is 3. The van der Waals surface area contributed by atoms with Gasteiger partial charge in [-0.1, -0.05) is 18.2 Å². The minimum absolute atomic E-state index is 0.0964. The standard InChI is InChI=1S/C19H16FN5O2S/c20-17-15(9-10-16-18(17)23-24-19(16)22)11-1-5-13(6-2-11)25-28(26,27)14-7-3-12(21)4-8-14/h1-10,25H,21H2,(H3,22,23,24). The molecule has 7 nitrogen and oxygen atoms in total. The van der Waals surface area contributed by atoms with Crippen LogP contribution in [0.15, 0.2) is 65.6 Å². The summed E-state index contributed by atoms with van der Waals surface area (Å²) in [4.78, 5) is 0.0964. The lowest BCUT2D eigenvalue weighted by Crippen LogP contribution is -2.12. The van der Waals surface area contributed by atoms with Crippen LogP contribution in [0.1, 0.15) is 0 Å². The second-order valence-corrected chi connectivity index (χ2v) is 7.89. The van der Waals surface area contributed by atoms with Gasteiger partial charge >= 0.3 is 0 Å². The van der Waals surface area contributed by atoms with Crippen molar-refractivity contribution in [2.75, 3.05) is 16.2 Å². The number of nitrogens with one attached hydrogen (secondary N) is 2. The molecule has 142 valence electrons. The van der Waals surface area contributed by atoms with Crippen LogP contribution in [0.25, 0.3) is 22.0 Å². The molecule has 0 aliphatic carbocycles. The molecule has 0 aliphatic heterocycles. The molecule has 4 aromatic rings. The van der Waals surface area contributed by atoms with E-state index >= 15 is 0 Å². The van der Waals surface area contributed by atoms with E-state index in [4.69, 9.17) is 11.5 Å². The molecule has 0 spiro atoms. The first-order valence-electron chi connectivity index (χ1n) is 8.26.